The Bertz CT molecular complexity index is 486. The highest BCUT2D eigenvalue weighted by Gasteiger charge is 2.38. The van der Waals surface area contributed by atoms with Gasteiger partial charge in [-0.15, -0.1) is 0 Å². The number of isocyanates is 1. The van der Waals surface area contributed by atoms with Gasteiger partial charge in [0, 0.05) is 5.56 Å². The molecule has 17 heavy (non-hydrogen) atoms. The summed E-state index contributed by atoms with van der Waals surface area (Å²) >= 11 is 0. The third kappa shape index (κ3) is 1.89. The van der Waals surface area contributed by atoms with Crippen LogP contribution in [-0.2, 0) is 10.3 Å². The molecule has 1 aromatic carbocycles. The molecule has 2 nitrogen and oxygen atoms in total. The minimum Gasteiger partial charge on any atom is -0.211 e. The van der Waals surface area contributed by atoms with Crippen molar-refractivity contribution >= 4 is 6.08 Å². The molecule has 0 heterocycles. The van der Waals surface area contributed by atoms with Crippen LogP contribution in [0.1, 0.15) is 36.8 Å². The number of rotatable bonds is 2. The highest BCUT2D eigenvalue weighted by molar-refractivity contribution is 5.40. The maximum absolute atomic E-state index is 13.9. The molecule has 2 rings (SSSR count). The normalized spacial score (nSPS) is 17.8. The fourth-order valence-corrected chi connectivity index (χ4v) is 2.49. The van der Waals surface area contributed by atoms with Gasteiger partial charge in [-0.3, -0.25) is 0 Å². The summed E-state index contributed by atoms with van der Waals surface area (Å²) in [6, 6.07) is 3.05. The van der Waals surface area contributed by atoms with Crippen LogP contribution in [0.5, 0.6) is 0 Å². The number of nitrogens with zero attached hydrogens (tertiary/aromatic N) is 1. The Kier molecular flexibility index (Phi) is 3.07. The number of carbonyl (C=O) groups excluding carboxylic acids is 1. The molecular weight excluding hydrogens is 224 g/mol. The molecule has 1 aliphatic carbocycles. The smallest absolute Gasteiger partial charge is 0.211 e. The van der Waals surface area contributed by atoms with E-state index in [4.69, 9.17) is 0 Å². The second kappa shape index (κ2) is 4.38. The number of hydrogen-bond donors (Lipinski definition) is 0. The van der Waals surface area contributed by atoms with Gasteiger partial charge in [0.1, 0.15) is 5.54 Å². The third-order valence-corrected chi connectivity index (χ3v) is 3.47. The van der Waals surface area contributed by atoms with Gasteiger partial charge in [0.15, 0.2) is 11.6 Å². The fraction of sp³-hybridized carbons (Fsp3) is 0.462. The first-order chi connectivity index (χ1) is 8.10. The number of hydrogen-bond acceptors (Lipinski definition) is 2. The molecule has 1 saturated carbocycles. The summed E-state index contributed by atoms with van der Waals surface area (Å²) in [5.41, 5.74) is -0.462. The highest BCUT2D eigenvalue weighted by atomic mass is 19.2. The number of aryl methyl sites for hydroxylation is 1. The Labute approximate surface area is 98.4 Å². The summed E-state index contributed by atoms with van der Waals surface area (Å²) in [6.07, 6.45) is 4.36. The van der Waals surface area contributed by atoms with E-state index < -0.39 is 17.2 Å². The van der Waals surface area contributed by atoms with Crippen LogP contribution < -0.4 is 0 Å². The zero-order chi connectivity index (χ0) is 12.5. The Balaban J connectivity index is 2.58. The monoisotopic (exact) mass is 237 g/mol. The lowest BCUT2D eigenvalue weighted by molar-refractivity contribution is 0.410. The van der Waals surface area contributed by atoms with Crippen molar-refractivity contribution in [3.63, 3.8) is 0 Å². The minimum atomic E-state index is -0.902. The van der Waals surface area contributed by atoms with Gasteiger partial charge in [-0.25, -0.2) is 13.6 Å². The summed E-state index contributed by atoms with van der Waals surface area (Å²) in [5.74, 6) is -1.74. The standard InChI is InChI=1S/C13H13F2NO/c1-9-4-5-10(12(15)11(9)14)13(16-8-17)6-2-3-7-13/h4-5H,2-3,6-7H2,1H3. The lowest BCUT2D eigenvalue weighted by Gasteiger charge is -2.23. The Hall–Kier alpha value is -1.54. The largest absolute Gasteiger partial charge is 0.235 e. The summed E-state index contributed by atoms with van der Waals surface area (Å²) in [4.78, 5) is 14.2. The van der Waals surface area contributed by atoms with Crippen molar-refractivity contribution in [1.29, 1.82) is 0 Å². The molecular formula is C13H13F2NO. The van der Waals surface area contributed by atoms with E-state index in [2.05, 4.69) is 4.99 Å². The first-order valence-electron chi connectivity index (χ1n) is 5.65. The Morgan fingerprint density at radius 2 is 1.88 bits per heavy atom. The molecule has 0 bridgehead atoms. The van der Waals surface area contributed by atoms with Crippen LogP contribution in [-0.4, -0.2) is 6.08 Å². The molecule has 4 heteroatoms. The molecule has 0 aromatic heterocycles. The van der Waals surface area contributed by atoms with Crippen LogP contribution in [0.2, 0.25) is 0 Å². The Morgan fingerprint density at radius 3 is 2.47 bits per heavy atom. The minimum absolute atomic E-state index is 0.182. The van der Waals surface area contributed by atoms with Crippen molar-refractivity contribution in [3.8, 4) is 0 Å². The molecule has 1 aliphatic rings. The summed E-state index contributed by atoms with van der Waals surface area (Å²) < 4.78 is 27.5. The van der Waals surface area contributed by atoms with Crippen molar-refractivity contribution < 1.29 is 13.6 Å². The van der Waals surface area contributed by atoms with Crippen molar-refractivity contribution in [3.05, 3.63) is 34.9 Å². The zero-order valence-corrected chi connectivity index (χ0v) is 9.59. The molecule has 1 aromatic rings. The average molecular weight is 237 g/mol. The predicted molar refractivity (Wildman–Crippen MR) is 59.4 cm³/mol. The van der Waals surface area contributed by atoms with E-state index >= 15 is 0 Å². The number of benzene rings is 1. The zero-order valence-electron chi connectivity index (χ0n) is 9.59. The molecule has 0 saturated heterocycles. The van der Waals surface area contributed by atoms with Crippen molar-refractivity contribution in [2.75, 3.05) is 0 Å². The second-order valence-electron chi connectivity index (χ2n) is 4.50. The average Bonchev–Trinajstić information content (AvgIpc) is 2.76. The number of halogens is 2. The topological polar surface area (TPSA) is 29.4 Å². The van der Waals surface area contributed by atoms with Crippen molar-refractivity contribution in [2.45, 2.75) is 38.1 Å². The third-order valence-electron chi connectivity index (χ3n) is 3.47. The lowest BCUT2D eigenvalue weighted by atomic mass is 9.88. The van der Waals surface area contributed by atoms with E-state index in [1.54, 1.807) is 0 Å². The van der Waals surface area contributed by atoms with E-state index in [9.17, 15) is 13.6 Å². The molecule has 0 radical (unpaired) electrons. The Morgan fingerprint density at radius 1 is 1.24 bits per heavy atom. The summed E-state index contributed by atoms with van der Waals surface area (Å²) in [7, 11) is 0. The highest BCUT2D eigenvalue weighted by Crippen LogP contribution is 2.43. The van der Waals surface area contributed by atoms with Gasteiger partial charge in [-0.1, -0.05) is 25.0 Å². The molecule has 0 amide bonds. The summed E-state index contributed by atoms with van der Waals surface area (Å²) in [6.45, 7) is 1.51. The first-order valence-corrected chi connectivity index (χ1v) is 5.65. The molecule has 0 spiro atoms. The van der Waals surface area contributed by atoms with E-state index in [-0.39, 0.29) is 11.1 Å². The molecule has 0 unspecified atom stereocenters. The number of aliphatic imine (C=N–C) groups is 1. The van der Waals surface area contributed by atoms with Crippen LogP contribution in [0.3, 0.4) is 0 Å². The van der Waals surface area contributed by atoms with Gasteiger partial charge in [0.25, 0.3) is 0 Å². The van der Waals surface area contributed by atoms with E-state index in [1.807, 2.05) is 0 Å². The van der Waals surface area contributed by atoms with Crippen LogP contribution >= 0.6 is 0 Å². The van der Waals surface area contributed by atoms with Crippen LogP contribution in [0, 0.1) is 18.6 Å². The van der Waals surface area contributed by atoms with Gasteiger partial charge in [0.2, 0.25) is 6.08 Å². The van der Waals surface area contributed by atoms with Crippen LogP contribution in [0.15, 0.2) is 17.1 Å². The van der Waals surface area contributed by atoms with E-state index in [0.717, 1.165) is 12.8 Å². The lowest BCUT2D eigenvalue weighted by Crippen LogP contribution is -2.21. The molecule has 1 fully saturated rings. The maximum atomic E-state index is 13.9. The van der Waals surface area contributed by atoms with Gasteiger partial charge in [0.05, 0.1) is 0 Å². The van der Waals surface area contributed by atoms with Gasteiger partial charge < -0.3 is 0 Å². The molecule has 90 valence electrons. The van der Waals surface area contributed by atoms with Gasteiger partial charge in [-0.05, 0) is 25.3 Å². The first kappa shape index (κ1) is 11.9. The fourth-order valence-electron chi connectivity index (χ4n) is 2.49. The van der Waals surface area contributed by atoms with Gasteiger partial charge in [-0.2, -0.15) is 4.99 Å². The van der Waals surface area contributed by atoms with E-state index in [1.165, 1.54) is 25.1 Å². The predicted octanol–water partition coefficient (Wildman–Crippen LogP) is 3.38. The van der Waals surface area contributed by atoms with Crippen molar-refractivity contribution in [1.82, 2.24) is 0 Å². The molecule has 0 atom stereocenters. The SMILES string of the molecule is Cc1ccc(C2(N=C=O)CCCC2)c(F)c1F. The van der Waals surface area contributed by atoms with Crippen LogP contribution in [0.4, 0.5) is 8.78 Å². The molecule has 0 N–H and O–H groups in total. The van der Waals surface area contributed by atoms with Crippen molar-refractivity contribution in [2.24, 2.45) is 4.99 Å². The van der Waals surface area contributed by atoms with Gasteiger partial charge >= 0.3 is 0 Å². The maximum Gasteiger partial charge on any atom is 0.235 e. The quantitative estimate of drug-likeness (QED) is 0.572. The second-order valence-corrected chi connectivity index (χ2v) is 4.50. The molecule has 0 aliphatic heterocycles. The van der Waals surface area contributed by atoms with Crippen LogP contribution in [0.25, 0.3) is 0 Å². The van der Waals surface area contributed by atoms with E-state index in [0.29, 0.717) is 12.8 Å². The summed E-state index contributed by atoms with van der Waals surface area (Å²) in [5, 5.41) is 0.